The molecule has 2 aliphatic rings. The van der Waals surface area contributed by atoms with Crippen LogP contribution in [0.4, 0.5) is 0 Å². The van der Waals surface area contributed by atoms with Gasteiger partial charge < -0.3 is 19.7 Å². The average molecular weight is 528 g/mol. The van der Waals surface area contributed by atoms with Crippen molar-refractivity contribution < 1.29 is 23.9 Å². The molecule has 2 fully saturated rings. The van der Waals surface area contributed by atoms with E-state index in [1.54, 1.807) is 47.2 Å². The van der Waals surface area contributed by atoms with Crippen LogP contribution in [0.1, 0.15) is 44.7 Å². The molecule has 8 heteroatoms. The number of rotatable bonds is 6. The van der Waals surface area contributed by atoms with Gasteiger partial charge in [-0.1, -0.05) is 48.0 Å². The number of nitrogens with one attached hydrogen (secondary N) is 1. The first-order valence-electron chi connectivity index (χ1n) is 13.2. The third-order valence-corrected chi connectivity index (χ3v) is 7.53. The Balaban J connectivity index is 1.35. The van der Waals surface area contributed by atoms with Crippen molar-refractivity contribution in [2.24, 2.45) is 0 Å². The van der Waals surface area contributed by atoms with Crippen LogP contribution >= 0.6 is 0 Å². The number of hydrogen-bond acceptors (Lipinski definition) is 5. The summed E-state index contributed by atoms with van der Waals surface area (Å²) in [5, 5.41) is 2.98. The van der Waals surface area contributed by atoms with Gasteiger partial charge in [-0.2, -0.15) is 0 Å². The molecule has 3 amide bonds. The fraction of sp³-hybridized carbons (Fsp3) is 0.323. The van der Waals surface area contributed by atoms with Crippen molar-refractivity contribution in [2.75, 3.05) is 26.8 Å². The normalized spacial score (nSPS) is 18.2. The SMILES string of the molecule is COc1ccc(C(=O)N2CCC3(CC2)OC[C@@H](C(=O)NCc2ccccc2)N3C(=O)c2cccc(C)c2)cc1. The van der Waals surface area contributed by atoms with Crippen LogP contribution in [-0.4, -0.2) is 66.1 Å². The van der Waals surface area contributed by atoms with E-state index in [9.17, 15) is 14.4 Å². The Morgan fingerprint density at radius 3 is 2.31 bits per heavy atom. The van der Waals surface area contributed by atoms with Crippen LogP contribution in [0, 0.1) is 6.92 Å². The highest BCUT2D eigenvalue weighted by atomic mass is 16.5. The molecule has 202 valence electrons. The highest BCUT2D eigenvalue weighted by molar-refractivity contribution is 5.99. The molecular formula is C31H33N3O5. The van der Waals surface area contributed by atoms with E-state index >= 15 is 0 Å². The molecular weight excluding hydrogens is 494 g/mol. The van der Waals surface area contributed by atoms with Gasteiger partial charge in [-0.25, -0.2) is 0 Å². The van der Waals surface area contributed by atoms with Crippen molar-refractivity contribution in [1.82, 2.24) is 15.1 Å². The summed E-state index contributed by atoms with van der Waals surface area (Å²) in [4.78, 5) is 43.9. The lowest BCUT2D eigenvalue weighted by Crippen LogP contribution is -2.59. The van der Waals surface area contributed by atoms with Gasteiger partial charge in [0.15, 0.2) is 0 Å². The molecule has 0 unspecified atom stereocenters. The zero-order chi connectivity index (χ0) is 27.4. The number of aryl methyl sites for hydroxylation is 1. The molecule has 3 aromatic rings. The van der Waals surface area contributed by atoms with E-state index in [4.69, 9.17) is 9.47 Å². The van der Waals surface area contributed by atoms with Crippen LogP contribution in [0.5, 0.6) is 5.75 Å². The maximum atomic E-state index is 13.9. The van der Waals surface area contributed by atoms with Crippen LogP contribution in [0.3, 0.4) is 0 Å². The zero-order valence-electron chi connectivity index (χ0n) is 22.3. The van der Waals surface area contributed by atoms with Crippen LogP contribution in [0.25, 0.3) is 0 Å². The summed E-state index contributed by atoms with van der Waals surface area (Å²) in [5.41, 5.74) is 2.05. The van der Waals surface area contributed by atoms with E-state index in [2.05, 4.69) is 5.32 Å². The summed E-state index contributed by atoms with van der Waals surface area (Å²) < 4.78 is 11.5. The van der Waals surface area contributed by atoms with Gasteiger partial charge in [0.1, 0.15) is 17.5 Å². The van der Waals surface area contributed by atoms with E-state index in [0.29, 0.717) is 49.4 Å². The minimum Gasteiger partial charge on any atom is -0.497 e. The summed E-state index contributed by atoms with van der Waals surface area (Å²) in [7, 11) is 1.58. The van der Waals surface area contributed by atoms with Crippen molar-refractivity contribution in [3.05, 3.63) is 101 Å². The van der Waals surface area contributed by atoms with Crippen molar-refractivity contribution in [1.29, 1.82) is 0 Å². The molecule has 1 N–H and O–H groups in total. The van der Waals surface area contributed by atoms with Gasteiger partial charge >= 0.3 is 0 Å². The predicted molar refractivity (Wildman–Crippen MR) is 146 cm³/mol. The fourth-order valence-electron chi connectivity index (χ4n) is 5.36. The number of benzene rings is 3. The topological polar surface area (TPSA) is 88.2 Å². The Kier molecular flexibility index (Phi) is 7.65. The number of methoxy groups -OCH3 is 1. The van der Waals surface area contributed by atoms with Gasteiger partial charge in [0.05, 0.1) is 13.7 Å². The maximum Gasteiger partial charge on any atom is 0.256 e. The number of amides is 3. The monoisotopic (exact) mass is 527 g/mol. The zero-order valence-corrected chi connectivity index (χ0v) is 22.3. The second-order valence-corrected chi connectivity index (χ2v) is 10.0. The van der Waals surface area contributed by atoms with Crippen LogP contribution < -0.4 is 10.1 Å². The van der Waals surface area contributed by atoms with Crippen molar-refractivity contribution in [2.45, 2.75) is 38.1 Å². The Hall–Kier alpha value is -4.17. The second-order valence-electron chi connectivity index (χ2n) is 10.0. The maximum absolute atomic E-state index is 13.9. The highest BCUT2D eigenvalue weighted by Gasteiger charge is 2.54. The molecule has 1 atom stereocenters. The van der Waals surface area contributed by atoms with Gasteiger partial charge in [0.25, 0.3) is 11.8 Å². The molecule has 39 heavy (non-hydrogen) atoms. The number of ether oxygens (including phenoxy) is 2. The van der Waals surface area contributed by atoms with E-state index in [1.807, 2.05) is 55.5 Å². The lowest BCUT2D eigenvalue weighted by atomic mass is 9.95. The van der Waals surface area contributed by atoms with Gasteiger partial charge in [-0.3, -0.25) is 19.3 Å². The van der Waals surface area contributed by atoms with Crippen LogP contribution in [-0.2, 0) is 16.1 Å². The summed E-state index contributed by atoms with van der Waals surface area (Å²) in [6.07, 6.45) is 0.823. The minimum atomic E-state index is -0.966. The molecule has 2 heterocycles. The molecule has 3 aromatic carbocycles. The van der Waals surface area contributed by atoms with E-state index in [1.165, 1.54) is 0 Å². The lowest BCUT2D eigenvalue weighted by molar-refractivity contribution is -0.128. The standard InChI is InChI=1S/C31H33N3O5/c1-22-7-6-10-25(19-22)30(37)34-27(28(35)32-20-23-8-4-3-5-9-23)21-39-31(34)15-17-33(18-16-31)29(36)24-11-13-26(38-2)14-12-24/h3-14,19,27H,15-18,20-21H2,1-2H3,(H,32,35)/t27-/m0/s1. The average Bonchev–Trinajstić information content (AvgIpc) is 3.34. The molecule has 0 bridgehead atoms. The first-order valence-corrected chi connectivity index (χ1v) is 13.2. The van der Waals surface area contributed by atoms with Gasteiger partial charge in [-0.05, 0) is 48.9 Å². The van der Waals surface area contributed by atoms with Crippen LogP contribution in [0.2, 0.25) is 0 Å². The Morgan fingerprint density at radius 2 is 1.64 bits per heavy atom. The first kappa shape index (κ1) is 26.4. The molecule has 2 aliphatic heterocycles. The highest BCUT2D eigenvalue weighted by Crippen LogP contribution is 2.39. The Bertz CT molecular complexity index is 1330. The van der Waals surface area contributed by atoms with Gasteiger partial charge in [0.2, 0.25) is 5.91 Å². The van der Waals surface area contributed by atoms with Crippen molar-refractivity contribution in [3.63, 3.8) is 0 Å². The summed E-state index contributed by atoms with van der Waals surface area (Å²) in [6, 6.07) is 23.3. The van der Waals surface area contributed by atoms with Crippen molar-refractivity contribution >= 4 is 17.7 Å². The third-order valence-electron chi connectivity index (χ3n) is 7.53. The molecule has 0 aromatic heterocycles. The minimum absolute atomic E-state index is 0.0841. The largest absolute Gasteiger partial charge is 0.497 e. The van der Waals surface area contributed by atoms with Gasteiger partial charge in [-0.15, -0.1) is 0 Å². The number of carbonyl (C=O) groups is 3. The number of likely N-dealkylation sites (tertiary alicyclic amines) is 1. The van der Waals surface area contributed by atoms with E-state index in [0.717, 1.165) is 11.1 Å². The Labute approximate surface area is 228 Å². The number of nitrogens with zero attached hydrogens (tertiary/aromatic N) is 2. The van der Waals surface area contributed by atoms with Crippen molar-refractivity contribution in [3.8, 4) is 5.75 Å². The molecule has 8 nitrogen and oxygen atoms in total. The van der Waals surface area contributed by atoms with Crippen LogP contribution in [0.15, 0.2) is 78.9 Å². The smallest absolute Gasteiger partial charge is 0.256 e. The van der Waals surface area contributed by atoms with Gasteiger partial charge in [0, 0.05) is 43.6 Å². The molecule has 0 saturated carbocycles. The Morgan fingerprint density at radius 1 is 0.923 bits per heavy atom. The summed E-state index contributed by atoms with van der Waals surface area (Å²) in [5.74, 6) is 0.101. The molecule has 0 aliphatic carbocycles. The lowest BCUT2D eigenvalue weighted by Gasteiger charge is -2.44. The number of carbonyl (C=O) groups excluding carboxylic acids is 3. The molecule has 1 spiro atoms. The first-order chi connectivity index (χ1) is 18.9. The molecule has 0 radical (unpaired) electrons. The molecule has 2 saturated heterocycles. The third kappa shape index (κ3) is 5.52. The van der Waals surface area contributed by atoms with E-state index in [-0.39, 0.29) is 24.3 Å². The number of hydrogen-bond donors (Lipinski definition) is 1. The summed E-state index contributed by atoms with van der Waals surface area (Å²) in [6.45, 7) is 3.20. The number of piperidine rings is 1. The second kappa shape index (κ2) is 11.3. The quantitative estimate of drug-likeness (QED) is 0.527. The summed E-state index contributed by atoms with van der Waals surface area (Å²) >= 11 is 0. The predicted octanol–water partition coefficient (Wildman–Crippen LogP) is 3.79. The van der Waals surface area contributed by atoms with E-state index < -0.39 is 11.8 Å². The fourth-order valence-corrected chi connectivity index (χ4v) is 5.36. The molecule has 5 rings (SSSR count).